The fourth-order valence-corrected chi connectivity index (χ4v) is 2.56. The molecule has 2 rings (SSSR count). The predicted octanol–water partition coefficient (Wildman–Crippen LogP) is 2.76. The Morgan fingerprint density at radius 1 is 1.47 bits per heavy atom. The number of hydrogen-bond acceptors (Lipinski definition) is 2. The summed E-state index contributed by atoms with van der Waals surface area (Å²) in [6.45, 7) is 0.202. The summed E-state index contributed by atoms with van der Waals surface area (Å²) in [5, 5.41) is 12.5. The predicted molar refractivity (Wildman–Crippen MR) is 71.7 cm³/mol. The fourth-order valence-electron chi connectivity index (χ4n) is 2.45. The molecule has 0 heterocycles. The summed E-state index contributed by atoms with van der Waals surface area (Å²) in [6, 6.07) is 3.90. The van der Waals surface area contributed by atoms with Crippen LogP contribution in [0.2, 0.25) is 5.02 Å². The topological polar surface area (TPSA) is 49.3 Å². The molecule has 1 amide bonds. The van der Waals surface area contributed by atoms with Crippen molar-refractivity contribution in [3.8, 4) is 0 Å². The molecule has 0 aliphatic heterocycles. The van der Waals surface area contributed by atoms with Gasteiger partial charge in [-0.05, 0) is 37.0 Å². The molecule has 3 nitrogen and oxygen atoms in total. The Kier molecular flexibility index (Phi) is 4.77. The number of halogens is 2. The van der Waals surface area contributed by atoms with E-state index in [4.69, 9.17) is 11.6 Å². The Morgan fingerprint density at radius 2 is 2.16 bits per heavy atom. The molecule has 19 heavy (non-hydrogen) atoms. The van der Waals surface area contributed by atoms with Crippen molar-refractivity contribution in [2.24, 2.45) is 5.92 Å². The van der Waals surface area contributed by atoms with Crippen LogP contribution in [0.4, 0.5) is 4.39 Å². The Hall–Kier alpha value is -1.13. The summed E-state index contributed by atoms with van der Waals surface area (Å²) in [6.07, 6.45) is 3.76. The fraction of sp³-hybridized carbons (Fsp3) is 0.500. The van der Waals surface area contributed by atoms with Crippen molar-refractivity contribution in [1.82, 2.24) is 5.32 Å². The van der Waals surface area contributed by atoms with E-state index in [0.717, 1.165) is 31.7 Å². The van der Waals surface area contributed by atoms with E-state index in [1.807, 2.05) is 0 Å². The van der Waals surface area contributed by atoms with Gasteiger partial charge in [-0.1, -0.05) is 24.4 Å². The Labute approximate surface area is 116 Å². The zero-order valence-corrected chi connectivity index (χ0v) is 11.3. The van der Waals surface area contributed by atoms with E-state index in [0.29, 0.717) is 0 Å². The van der Waals surface area contributed by atoms with E-state index >= 15 is 0 Å². The first kappa shape index (κ1) is 14.3. The Morgan fingerprint density at radius 3 is 2.79 bits per heavy atom. The maximum Gasteiger partial charge on any atom is 0.251 e. The monoisotopic (exact) mass is 285 g/mol. The lowest BCUT2D eigenvalue weighted by molar-refractivity contribution is 0.0840. The zero-order valence-electron chi connectivity index (χ0n) is 10.5. The zero-order chi connectivity index (χ0) is 13.8. The summed E-state index contributed by atoms with van der Waals surface area (Å²) in [5.74, 6) is -0.750. The second-order valence-electron chi connectivity index (χ2n) is 4.95. The molecule has 1 aromatic rings. The summed E-state index contributed by atoms with van der Waals surface area (Å²) in [5.41, 5.74) is 0.209. The molecule has 0 radical (unpaired) electrons. The van der Waals surface area contributed by atoms with Gasteiger partial charge >= 0.3 is 0 Å². The smallest absolute Gasteiger partial charge is 0.251 e. The van der Waals surface area contributed by atoms with Crippen LogP contribution in [0, 0.1) is 11.7 Å². The molecule has 104 valence electrons. The second kappa shape index (κ2) is 6.35. The average molecular weight is 286 g/mol. The number of aliphatic hydroxyl groups is 1. The molecule has 1 aliphatic rings. The first-order chi connectivity index (χ1) is 9.08. The lowest BCUT2D eigenvalue weighted by Gasteiger charge is -2.18. The molecule has 0 saturated heterocycles. The summed E-state index contributed by atoms with van der Waals surface area (Å²) in [4.78, 5) is 11.8. The minimum Gasteiger partial charge on any atom is -0.391 e. The molecule has 0 aromatic heterocycles. The molecule has 5 heteroatoms. The molecule has 1 aliphatic carbocycles. The third kappa shape index (κ3) is 3.67. The van der Waals surface area contributed by atoms with Crippen LogP contribution < -0.4 is 5.32 Å². The second-order valence-corrected chi connectivity index (χ2v) is 5.36. The van der Waals surface area contributed by atoms with Gasteiger partial charge < -0.3 is 10.4 Å². The first-order valence-corrected chi connectivity index (χ1v) is 6.87. The van der Waals surface area contributed by atoms with E-state index in [1.54, 1.807) is 0 Å². The largest absolute Gasteiger partial charge is 0.391 e. The molecule has 1 aromatic carbocycles. The van der Waals surface area contributed by atoms with Crippen LogP contribution in [-0.4, -0.2) is 23.7 Å². The van der Waals surface area contributed by atoms with E-state index in [1.165, 1.54) is 12.1 Å². The molecule has 0 bridgehead atoms. The van der Waals surface area contributed by atoms with Gasteiger partial charge in [-0.2, -0.15) is 0 Å². The van der Waals surface area contributed by atoms with Gasteiger partial charge in [0.2, 0.25) is 0 Å². The Balaban J connectivity index is 1.88. The van der Waals surface area contributed by atoms with Gasteiger partial charge in [-0.3, -0.25) is 4.79 Å². The number of rotatable bonds is 4. The molecule has 0 spiro atoms. The highest BCUT2D eigenvalue weighted by Gasteiger charge is 2.23. The molecule has 1 atom stereocenters. The highest BCUT2D eigenvalue weighted by Crippen LogP contribution is 2.27. The van der Waals surface area contributed by atoms with E-state index < -0.39 is 17.8 Å². The number of benzene rings is 1. The lowest BCUT2D eigenvalue weighted by Crippen LogP contribution is -2.35. The molecular weight excluding hydrogens is 269 g/mol. The van der Waals surface area contributed by atoms with Crippen LogP contribution in [-0.2, 0) is 0 Å². The minimum atomic E-state index is -0.620. The summed E-state index contributed by atoms with van der Waals surface area (Å²) < 4.78 is 13.2. The lowest BCUT2D eigenvalue weighted by atomic mass is 10.0. The summed E-state index contributed by atoms with van der Waals surface area (Å²) >= 11 is 5.55. The quantitative estimate of drug-likeness (QED) is 0.894. The van der Waals surface area contributed by atoms with Crippen molar-refractivity contribution >= 4 is 17.5 Å². The average Bonchev–Trinajstić information content (AvgIpc) is 2.92. The first-order valence-electron chi connectivity index (χ1n) is 6.49. The van der Waals surface area contributed by atoms with Crippen LogP contribution in [0.5, 0.6) is 0 Å². The van der Waals surface area contributed by atoms with E-state index in [-0.39, 0.29) is 23.0 Å². The minimum absolute atomic E-state index is 0.0115. The number of carbonyl (C=O) groups is 1. The van der Waals surface area contributed by atoms with Gasteiger partial charge in [0.05, 0.1) is 11.1 Å². The van der Waals surface area contributed by atoms with Crippen molar-refractivity contribution < 1.29 is 14.3 Å². The molecule has 2 N–H and O–H groups in total. The third-order valence-electron chi connectivity index (χ3n) is 3.60. The third-order valence-corrected chi connectivity index (χ3v) is 3.90. The highest BCUT2D eigenvalue weighted by atomic mass is 35.5. The van der Waals surface area contributed by atoms with Crippen molar-refractivity contribution in [1.29, 1.82) is 0 Å². The van der Waals surface area contributed by atoms with Gasteiger partial charge in [-0.25, -0.2) is 4.39 Å². The molecule has 1 saturated carbocycles. The normalized spacial score (nSPS) is 17.4. The van der Waals surface area contributed by atoms with Gasteiger partial charge in [0, 0.05) is 12.1 Å². The maximum absolute atomic E-state index is 13.2. The number of amides is 1. The molecule has 1 unspecified atom stereocenters. The van der Waals surface area contributed by atoms with Crippen molar-refractivity contribution in [2.45, 2.75) is 31.8 Å². The van der Waals surface area contributed by atoms with Crippen LogP contribution in [0.15, 0.2) is 18.2 Å². The SMILES string of the molecule is O=C(NCC(O)C1CCCC1)c1ccc(Cl)c(F)c1. The highest BCUT2D eigenvalue weighted by molar-refractivity contribution is 6.30. The molecular formula is C14H17ClFNO2. The maximum atomic E-state index is 13.2. The van der Waals surface area contributed by atoms with E-state index in [2.05, 4.69) is 5.32 Å². The number of carbonyl (C=O) groups excluding carboxylic acids is 1. The van der Waals surface area contributed by atoms with Crippen molar-refractivity contribution in [3.63, 3.8) is 0 Å². The van der Waals surface area contributed by atoms with Crippen LogP contribution in [0.1, 0.15) is 36.0 Å². The summed E-state index contributed by atoms with van der Waals surface area (Å²) in [7, 11) is 0. The van der Waals surface area contributed by atoms with E-state index in [9.17, 15) is 14.3 Å². The van der Waals surface area contributed by atoms with Crippen LogP contribution in [0.25, 0.3) is 0 Å². The number of aliphatic hydroxyl groups excluding tert-OH is 1. The number of nitrogens with one attached hydrogen (secondary N) is 1. The molecule has 1 fully saturated rings. The van der Waals surface area contributed by atoms with Gasteiger partial charge in [0.25, 0.3) is 5.91 Å². The van der Waals surface area contributed by atoms with Gasteiger partial charge in [-0.15, -0.1) is 0 Å². The van der Waals surface area contributed by atoms with Crippen LogP contribution in [0.3, 0.4) is 0 Å². The Bertz CT molecular complexity index is 461. The van der Waals surface area contributed by atoms with Crippen molar-refractivity contribution in [2.75, 3.05) is 6.54 Å². The standard InChI is InChI=1S/C14H17ClFNO2/c15-11-6-5-10(7-12(11)16)14(19)17-8-13(18)9-3-1-2-4-9/h5-7,9,13,18H,1-4,8H2,(H,17,19). The van der Waals surface area contributed by atoms with Gasteiger partial charge in [0.1, 0.15) is 5.82 Å². The van der Waals surface area contributed by atoms with Gasteiger partial charge in [0.15, 0.2) is 0 Å². The number of hydrogen-bond donors (Lipinski definition) is 2. The van der Waals surface area contributed by atoms with Crippen molar-refractivity contribution in [3.05, 3.63) is 34.6 Å². The van der Waals surface area contributed by atoms with Crippen LogP contribution >= 0.6 is 11.6 Å².